The molecular weight excluding hydrogens is 414 g/mol. The van der Waals surface area contributed by atoms with Crippen molar-refractivity contribution in [2.45, 2.75) is 51.5 Å². The van der Waals surface area contributed by atoms with Gasteiger partial charge in [-0.15, -0.1) is 0 Å². The van der Waals surface area contributed by atoms with Crippen molar-refractivity contribution in [2.75, 3.05) is 6.54 Å². The predicted molar refractivity (Wildman–Crippen MR) is 116 cm³/mol. The summed E-state index contributed by atoms with van der Waals surface area (Å²) in [6.07, 6.45) is 10.1. The smallest absolute Gasteiger partial charge is 0.286 e. The van der Waals surface area contributed by atoms with Gasteiger partial charge in [-0.1, -0.05) is 31.0 Å². The number of benzene rings is 1. The Morgan fingerprint density at radius 2 is 1.96 bits per heavy atom. The second kappa shape index (κ2) is 7.17. The van der Waals surface area contributed by atoms with Gasteiger partial charge in [-0.05, 0) is 83.3 Å². The van der Waals surface area contributed by atoms with Crippen LogP contribution in [0.2, 0.25) is 0 Å². The van der Waals surface area contributed by atoms with E-state index in [2.05, 4.69) is 21.2 Å². The lowest BCUT2D eigenvalue weighted by Crippen LogP contribution is -2.39. The van der Waals surface area contributed by atoms with E-state index in [0.29, 0.717) is 9.89 Å². The number of para-hydroxylation sites is 1. The Morgan fingerprint density at radius 1 is 1.18 bits per heavy atom. The molecule has 0 radical (unpaired) electrons. The lowest BCUT2D eigenvalue weighted by atomic mass is 9.67. The number of hydrogen-bond acceptors (Lipinski definition) is 2. The monoisotopic (exact) mass is 443 g/mol. The molecule has 150 valence electrons. The zero-order valence-electron chi connectivity index (χ0n) is 16.7. The molecule has 2 aromatic rings. The van der Waals surface area contributed by atoms with Crippen LogP contribution in [0.5, 0.6) is 0 Å². The van der Waals surface area contributed by atoms with Gasteiger partial charge in [0.2, 0.25) is 0 Å². The Labute approximate surface area is 175 Å². The van der Waals surface area contributed by atoms with Crippen LogP contribution in [0.1, 0.15) is 50.6 Å². The summed E-state index contributed by atoms with van der Waals surface area (Å²) in [6.45, 7) is 1.82. The normalized spacial score (nSPS) is 31.3. The van der Waals surface area contributed by atoms with Gasteiger partial charge < -0.3 is 5.32 Å². The maximum atomic E-state index is 12.8. The molecule has 4 nitrogen and oxygen atoms in total. The van der Waals surface area contributed by atoms with E-state index in [4.69, 9.17) is 0 Å². The summed E-state index contributed by atoms with van der Waals surface area (Å²) < 4.78 is 4.41. The van der Waals surface area contributed by atoms with E-state index >= 15 is 0 Å². The number of nitrogens with one attached hydrogen (secondary N) is 1. The first-order chi connectivity index (χ1) is 13.6. The van der Waals surface area contributed by atoms with Crippen LogP contribution in [-0.4, -0.2) is 15.9 Å². The molecule has 5 rings (SSSR count). The third-order valence-corrected chi connectivity index (χ3v) is 8.55. The van der Waals surface area contributed by atoms with Gasteiger partial charge in [-0.3, -0.25) is 9.48 Å². The highest BCUT2D eigenvalue weighted by molar-refractivity contribution is 9.10. The molecule has 0 amide bonds. The quantitative estimate of drug-likeness (QED) is 0.730. The van der Waals surface area contributed by atoms with Gasteiger partial charge in [0, 0.05) is 20.1 Å². The van der Waals surface area contributed by atoms with Crippen LogP contribution in [-0.2, 0) is 13.6 Å². The second-order valence-corrected chi connectivity index (χ2v) is 10.3. The fraction of sp³-hybridized carbons (Fsp3) is 0.609. The number of fused-ring (bicyclic) bond motifs is 2. The second-order valence-electron chi connectivity index (χ2n) is 9.50. The van der Waals surface area contributed by atoms with Crippen molar-refractivity contribution in [1.82, 2.24) is 14.7 Å². The van der Waals surface area contributed by atoms with Crippen molar-refractivity contribution in [3.8, 4) is 5.69 Å². The van der Waals surface area contributed by atoms with Crippen LogP contribution in [0, 0.1) is 23.2 Å². The first-order valence-electron chi connectivity index (χ1n) is 10.8. The molecule has 3 saturated carbocycles. The van der Waals surface area contributed by atoms with Gasteiger partial charge in [0.15, 0.2) is 0 Å². The highest BCUT2D eigenvalue weighted by atomic mass is 79.9. The highest BCUT2D eigenvalue weighted by Gasteiger charge is 2.49. The summed E-state index contributed by atoms with van der Waals surface area (Å²) in [5, 5.41) is 3.76. The molecule has 4 atom stereocenters. The molecule has 1 aromatic carbocycles. The van der Waals surface area contributed by atoms with E-state index in [1.165, 1.54) is 44.9 Å². The number of aromatic nitrogens is 2. The van der Waals surface area contributed by atoms with Crippen LogP contribution in [0.3, 0.4) is 0 Å². The summed E-state index contributed by atoms with van der Waals surface area (Å²) in [5.74, 6) is 2.98. The van der Waals surface area contributed by atoms with Gasteiger partial charge >= 0.3 is 0 Å². The van der Waals surface area contributed by atoms with Crippen LogP contribution in [0.25, 0.3) is 5.69 Å². The van der Waals surface area contributed by atoms with Crippen molar-refractivity contribution in [1.29, 1.82) is 0 Å². The average Bonchev–Trinajstić information content (AvgIpc) is 3.04. The van der Waals surface area contributed by atoms with E-state index in [-0.39, 0.29) is 5.56 Å². The zero-order valence-corrected chi connectivity index (χ0v) is 18.2. The van der Waals surface area contributed by atoms with Crippen LogP contribution >= 0.6 is 15.9 Å². The van der Waals surface area contributed by atoms with Crippen molar-refractivity contribution in [2.24, 2.45) is 30.2 Å². The molecule has 28 heavy (non-hydrogen) atoms. The number of halogens is 1. The van der Waals surface area contributed by atoms with Gasteiger partial charge in [-0.25, -0.2) is 4.68 Å². The largest absolute Gasteiger partial charge is 0.311 e. The fourth-order valence-electron chi connectivity index (χ4n) is 6.65. The minimum Gasteiger partial charge on any atom is -0.311 e. The Balaban J connectivity index is 1.33. The molecule has 1 N–H and O–H groups in total. The first-order valence-corrected chi connectivity index (χ1v) is 11.6. The minimum atomic E-state index is 0.0108. The SMILES string of the molecule is Cn1c(CNCC23CCCC4CC(CC4C2)C3)c(Br)c(=O)n1-c1ccccc1. The maximum Gasteiger partial charge on any atom is 0.286 e. The fourth-order valence-corrected chi connectivity index (χ4v) is 7.21. The number of rotatable bonds is 5. The summed E-state index contributed by atoms with van der Waals surface area (Å²) in [6, 6.07) is 9.86. The number of hydrogen-bond donors (Lipinski definition) is 1. The summed E-state index contributed by atoms with van der Waals surface area (Å²) >= 11 is 3.56. The molecule has 0 saturated heterocycles. The topological polar surface area (TPSA) is 39.0 Å². The van der Waals surface area contributed by atoms with E-state index in [1.807, 2.05) is 42.1 Å². The van der Waals surface area contributed by atoms with Crippen LogP contribution in [0.4, 0.5) is 0 Å². The van der Waals surface area contributed by atoms with Crippen molar-refractivity contribution in [3.05, 3.63) is 50.9 Å². The summed E-state index contributed by atoms with van der Waals surface area (Å²) in [4.78, 5) is 12.8. The Morgan fingerprint density at radius 3 is 2.79 bits per heavy atom. The van der Waals surface area contributed by atoms with Crippen molar-refractivity contribution >= 4 is 15.9 Å². The maximum absolute atomic E-state index is 12.8. The van der Waals surface area contributed by atoms with Crippen LogP contribution in [0.15, 0.2) is 39.6 Å². The molecule has 5 heteroatoms. The van der Waals surface area contributed by atoms with E-state index in [0.717, 1.165) is 42.2 Å². The molecule has 3 aliphatic carbocycles. The number of nitrogens with zero attached hydrogens (tertiary/aromatic N) is 2. The first kappa shape index (κ1) is 18.7. The van der Waals surface area contributed by atoms with E-state index in [1.54, 1.807) is 4.68 Å². The average molecular weight is 444 g/mol. The summed E-state index contributed by atoms with van der Waals surface area (Å²) in [7, 11) is 1.98. The molecular formula is C23H30BrN3O. The third-order valence-electron chi connectivity index (χ3n) is 7.76. The van der Waals surface area contributed by atoms with Gasteiger partial charge in [-0.2, -0.15) is 0 Å². The zero-order chi connectivity index (χ0) is 19.3. The summed E-state index contributed by atoms with van der Waals surface area (Å²) in [5.41, 5.74) is 2.43. The Kier molecular flexibility index (Phi) is 4.79. The lowest BCUT2D eigenvalue weighted by Gasteiger charge is -2.40. The molecule has 4 unspecified atom stereocenters. The Hall–Kier alpha value is -1.33. The predicted octanol–water partition coefficient (Wildman–Crippen LogP) is 4.63. The highest BCUT2D eigenvalue weighted by Crippen LogP contribution is 2.58. The standard InChI is InChI=1S/C23H30BrN3O/c1-26-20(21(24)22(28)27(26)19-7-3-2-4-8-19)14-25-15-23-9-5-6-17-10-16(12-23)11-18(17)13-23/h2-4,7-8,16-18,25H,5-6,9-15H2,1H3. The molecule has 0 spiro atoms. The lowest BCUT2D eigenvalue weighted by molar-refractivity contribution is 0.120. The molecule has 1 heterocycles. The van der Waals surface area contributed by atoms with Gasteiger partial charge in [0.25, 0.3) is 5.56 Å². The van der Waals surface area contributed by atoms with Crippen LogP contribution < -0.4 is 10.9 Å². The Bertz CT molecular complexity index is 918. The van der Waals surface area contributed by atoms with Gasteiger partial charge in [0.1, 0.15) is 4.47 Å². The van der Waals surface area contributed by atoms with E-state index < -0.39 is 0 Å². The molecule has 3 aliphatic rings. The minimum absolute atomic E-state index is 0.0108. The molecule has 0 aliphatic heterocycles. The van der Waals surface area contributed by atoms with Crippen molar-refractivity contribution in [3.63, 3.8) is 0 Å². The molecule has 3 fully saturated rings. The third kappa shape index (κ3) is 3.11. The van der Waals surface area contributed by atoms with E-state index in [9.17, 15) is 4.79 Å². The van der Waals surface area contributed by atoms with Crippen molar-refractivity contribution < 1.29 is 0 Å². The molecule has 1 aromatic heterocycles. The molecule has 3 bridgehead atoms. The van der Waals surface area contributed by atoms with Gasteiger partial charge in [0.05, 0.1) is 11.4 Å².